The molecule has 2 heterocycles. The first-order valence-corrected chi connectivity index (χ1v) is 9.40. The maximum absolute atomic E-state index is 15.1. The van der Waals surface area contributed by atoms with Gasteiger partial charge < -0.3 is 9.67 Å². The third kappa shape index (κ3) is 2.76. The number of carboxylic acid groups (broad SMARTS) is 1. The monoisotopic (exact) mass is 405 g/mol. The Labute approximate surface area is 165 Å². The van der Waals surface area contributed by atoms with E-state index in [1.165, 1.54) is 29.2 Å². The molecule has 2 aromatic heterocycles. The number of pyridine rings is 1. The fourth-order valence-corrected chi connectivity index (χ4v) is 4.41. The van der Waals surface area contributed by atoms with E-state index in [-0.39, 0.29) is 23.6 Å². The molecule has 1 aliphatic carbocycles. The summed E-state index contributed by atoms with van der Waals surface area (Å²) in [4.78, 5) is 21.1. The van der Waals surface area contributed by atoms with Gasteiger partial charge in [0.15, 0.2) is 5.54 Å². The Balaban J connectivity index is 2.04. The number of fused-ring (bicyclic) bond motifs is 1. The maximum atomic E-state index is 15.1. The fraction of sp³-hybridized carbons (Fsp3) is 0.350. The third-order valence-electron chi connectivity index (χ3n) is 5.59. The molecule has 8 heteroatoms. The predicted octanol–water partition coefficient (Wildman–Crippen LogP) is 4.39. The molecule has 1 aromatic carbocycles. The Bertz CT molecular complexity index is 1010. The molecule has 3 aromatic rings. The van der Waals surface area contributed by atoms with E-state index in [0.717, 1.165) is 0 Å². The molecule has 1 fully saturated rings. The molecule has 1 saturated carbocycles. The lowest BCUT2D eigenvalue weighted by Gasteiger charge is -2.43. The molecule has 0 saturated heterocycles. The molecular formula is C20H18ClF2N3O2. The van der Waals surface area contributed by atoms with E-state index in [2.05, 4.69) is 9.97 Å². The van der Waals surface area contributed by atoms with Gasteiger partial charge in [-0.3, -0.25) is 0 Å². The van der Waals surface area contributed by atoms with Crippen LogP contribution < -0.4 is 0 Å². The van der Waals surface area contributed by atoms with E-state index in [9.17, 15) is 14.3 Å². The Kier molecular flexibility index (Phi) is 4.79. The number of halogens is 3. The highest BCUT2D eigenvalue weighted by Crippen LogP contribution is 2.46. The minimum Gasteiger partial charge on any atom is -0.479 e. The summed E-state index contributed by atoms with van der Waals surface area (Å²) >= 11 is 5.89. The largest absolute Gasteiger partial charge is 0.479 e. The van der Waals surface area contributed by atoms with E-state index in [1.54, 1.807) is 24.3 Å². The van der Waals surface area contributed by atoms with Crippen molar-refractivity contribution in [2.75, 3.05) is 0 Å². The van der Waals surface area contributed by atoms with E-state index in [0.29, 0.717) is 17.5 Å². The van der Waals surface area contributed by atoms with Crippen molar-refractivity contribution in [3.05, 3.63) is 59.6 Å². The minimum atomic E-state index is -1.93. The van der Waals surface area contributed by atoms with Crippen LogP contribution >= 0.6 is 11.6 Å². The summed E-state index contributed by atoms with van der Waals surface area (Å²) < 4.78 is 30.9. The van der Waals surface area contributed by atoms with Crippen LogP contribution in [0.15, 0.2) is 48.9 Å². The number of aliphatic carboxylic acids is 1. The van der Waals surface area contributed by atoms with Gasteiger partial charge in [0.2, 0.25) is 0 Å². The zero-order valence-corrected chi connectivity index (χ0v) is 15.6. The number of carboxylic acids is 1. The Morgan fingerprint density at radius 3 is 2.68 bits per heavy atom. The first-order chi connectivity index (χ1) is 13.5. The first kappa shape index (κ1) is 18.8. The number of hydrogen-bond donors (Lipinski definition) is 1. The molecule has 5 nitrogen and oxygen atoms in total. The van der Waals surface area contributed by atoms with Gasteiger partial charge in [-0.1, -0.05) is 29.8 Å². The van der Waals surface area contributed by atoms with Gasteiger partial charge in [0.25, 0.3) is 0 Å². The van der Waals surface area contributed by atoms with Gasteiger partial charge >= 0.3 is 5.97 Å². The predicted molar refractivity (Wildman–Crippen MR) is 101 cm³/mol. The van der Waals surface area contributed by atoms with Crippen LogP contribution in [0.4, 0.5) is 8.78 Å². The summed E-state index contributed by atoms with van der Waals surface area (Å²) in [6.07, 6.45) is -0.245. The summed E-state index contributed by atoms with van der Waals surface area (Å²) in [6, 6.07) is 9.95. The van der Waals surface area contributed by atoms with Crippen molar-refractivity contribution in [1.29, 1.82) is 0 Å². The van der Waals surface area contributed by atoms with Gasteiger partial charge in [0.1, 0.15) is 17.5 Å². The first-order valence-electron chi connectivity index (χ1n) is 9.02. The number of para-hydroxylation sites is 2. The molecule has 4 atom stereocenters. The number of hydrogen-bond acceptors (Lipinski definition) is 3. The number of carbonyl (C=O) groups is 1. The number of alkyl halides is 2. The van der Waals surface area contributed by atoms with Gasteiger partial charge in [0.05, 0.1) is 17.4 Å². The second-order valence-corrected chi connectivity index (χ2v) is 7.43. The molecule has 0 spiro atoms. The van der Waals surface area contributed by atoms with Gasteiger partial charge in [0, 0.05) is 17.7 Å². The molecule has 0 radical (unpaired) electrons. The third-order valence-corrected chi connectivity index (χ3v) is 5.81. The van der Waals surface area contributed by atoms with Crippen LogP contribution in [0.3, 0.4) is 0 Å². The van der Waals surface area contributed by atoms with E-state index in [4.69, 9.17) is 11.6 Å². The van der Waals surface area contributed by atoms with E-state index in [1.807, 2.05) is 0 Å². The van der Waals surface area contributed by atoms with E-state index >= 15 is 4.39 Å². The van der Waals surface area contributed by atoms with Gasteiger partial charge in [-0.15, -0.1) is 0 Å². The summed E-state index contributed by atoms with van der Waals surface area (Å²) in [5.74, 6) is -2.42. The smallest absolute Gasteiger partial charge is 0.335 e. The lowest BCUT2D eigenvalue weighted by Crippen LogP contribution is -2.55. The molecule has 0 aliphatic heterocycles. The number of imidazole rings is 1. The molecule has 0 bridgehead atoms. The van der Waals surface area contributed by atoms with Crippen LogP contribution in [-0.4, -0.2) is 38.0 Å². The number of benzene rings is 1. The molecule has 4 rings (SSSR count). The number of rotatable bonds is 4. The topological polar surface area (TPSA) is 68.0 Å². The lowest BCUT2D eigenvalue weighted by molar-refractivity contribution is -0.151. The molecular weight excluding hydrogens is 388 g/mol. The van der Waals surface area contributed by atoms with Crippen molar-refractivity contribution in [3.63, 3.8) is 0 Å². The van der Waals surface area contributed by atoms with E-state index < -0.39 is 29.8 Å². The van der Waals surface area contributed by atoms with Crippen molar-refractivity contribution in [2.45, 2.75) is 37.1 Å². The molecule has 1 N–H and O–H groups in total. The summed E-state index contributed by atoms with van der Waals surface area (Å²) in [5.41, 5.74) is -0.585. The number of nitrogens with zero attached hydrogens (tertiary/aromatic N) is 3. The van der Waals surface area contributed by atoms with Crippen LogP contribution in [-0.2, 0) is 10.3 Å². The second kappa shape index (κ2) is 7.13. The minimum absolute atomic E-state index is 0.0803. The number of aromatic nitrogens is 3. The Hall–Kier alpha value is -2.54. The highest BCUT2D eigenvalue weighted by atomic mass is 35.5. The summed E-state index contributed by atoms with van der Waals surface area (Å²) in [6.45, 7) is 0. The summed E-state index contributed by atoms with van der Waals surface area (Å²) in [7, 11) is 0. The molecule has 0 amide bonds. The molecule has 1 aliphatic rings. The highest BCUT2D eigenvalue weighted by Gasteiger charge is 2.56. The fourth-order valence-electron chi connectivity index (χ4n) is 4.30. The van der Waals surface area contributed by atoms with Crippen molar-refractivity contribution >= 4 is 28.6 Å². The van der Waals surface area contributed by atoms with Gasteiger partial charge in [-0.2, -0.15) is 0 Å². The second-order valence-electron chi connectivity index (χ2n) is 7.04. The van der Waals surface area contributed by atoms with Crippen molar-refractivity contribution < 1.29 is 18.7 Å². The lowest BCUT2D eigenvalue weighted by atomic mass is 9.69. The molecule has 4 unspecified atom stereocenters. The Morgan fingerprint density at radius 1 is 1.18 bits per heavy atom. The van der Waals surface area contributed by atoms with Crippen molar-refractivity contribution in [3.8, 4) is 0 Å². The maximum Gasteiger partial charge on any atom is 0.335 e. The zero-order valence-electron chi connectivity index (χ0n) is 14.8. The average molecular weight is 406 g/mol. The van der Waals surface area contributed by atoms with Crippen molar-refractivity contribution in [2.24, 2.45) is 5.92 Å². The van der Waals surface area contributed by atoms with Crippen molar-refractivity contribution in [1.82, 2.24) is 14.5 Å². The normalized spacial score (nSPS) is 24.8. The van der Waals surface area contributed by atoms with Crippen LogP contribution in [0.5, 0.6) is 0 Å². The van der Waals surface area contributed by atoms with Crippen LogP contribution in [0, 0.1) is 5.92 Å². The van der Waals surface area contributed by atoms with Crippen LogP contribution in [0.1, 0.15) is 24.8 Å². The van der Waals surface area contributed by atoms with Gasteiger partial charge in [-0.25, -0.2) is 23.5 Å². The highest BCUT2D eigenvalue weighted by molar-refractivity contribution is 6.29. The van der Waals surface area contributed by atoms with Crippen LogP contribution in [0.25, 0.3) is 11.0 Å². The summed E-state index contributed by atoms with van der Waals surface area (Å²) in [5, 5.41) is 10.6. The standard InChI is InChI=1S/C20H18ClF2N3O2/c21-17-9-8-12(10-24-17)20(19(27)28,13-4-3-5-14(22)18(13)23)26-11-25-15-6-1-2-7-16(15)26/h1-2,6-11,13-14,18H,3-5H2,(H,27,28). The van der Waals surface area contributed by atoms with Crippen LogP contribution in [0.2, 0.25) is 5.15 Å². The molecule has 28 heavy (non-hydrogen) atoms. The molecule has 146 valence electrons. The zero-order chi connectivity index (χ0) is 19.9. The van der Waals surface area contributed by atoms with Gasteiger partial charge in [-0.05, 0) is 37.5 Å². The average Bonchev–Trinajstić information content (AvgIpc) is 3.11. The quantitative estimate of drug-likeness (QED) is 0.654. The Morgan fingerprint density at radius 2 is 1.96 bits per heavy atom. The SMILES string of the molecule is O=C(O)C(c1ccc(Cl)nc1)(C1CCCC(F)C1F)n1cnc2ccccc21.